The Morgan fingerprint density at radius 2 is 1.65 bits per heavy atom. The average molecular weight is 458 g/mol. The largest absolute Gasteiger partial charge is 0.437 e. The lowest BCUT2D eigenvalue weighted by molar-refractivity contribution is -0.142. The normalized spacial score (nSPS) is 18.4. The zero-order valence-electron chi connectivity index (χ0n) is 19.7. The first-order valence-electron chi connectivity index (χ1n) is 12.1. The van der Waals surface area contributed by atoms with Gasteiger partial charge in [-0.3, -0.25) is 9.78 Å². The summed E-state index contributed by atoms with van der Waals surface area (Å²) >= 11 is 0. The van der Waals surface area contributed by atoms with Crippen molar-refractivity contribution < 1.29 is 14.3 Å². The highest BCUT2D eigenvalue weighted by Gasteiger charge is 2.44. The third-order valence-corrected chi connectivity index (χ3v) is 7.18. The first kappa shape index (κ1) is 22.5. The molecular weight excluding hydrogens is 426 g/mol. The number of amides is 1. The van der Waals surface area contributed by atoms with Gasteiger partial charge in [-0.05, 0) is 50.3 Å². The number of piperidine rings is 1. The summed E-state index contributed by atoms with van der Waals surface area (Å²) in [5.41, 5.74) is 2.67. The summed E-state index contributed by atoms with van der Waals surface area (Å²) in [5, 5.41) is 0. The number of carbonyl (C=O) groups excluding carboxylic acids is 1. The minimum absolute atomic E-state index is 0.209. The van der Waals surface area contributed by atoms with Crippen molar-refractivity contribution in [3.8, 4) is 11.6 Å². The number of hydrogen-bond donors (Lipinski definition) is 0. The summed E-state index contributed by atoms with van der Waals surface area (Å²) in [6, 6.07) is 18.2. The monoisotopic (exact) mass is 457 g/mol. The number of aryl methyl sites for hydroxylation is 1. The van der Waals surface area contributed by atoms with Gasteiger partial charge in [0.15, 0.2) is 0 Å². The molecule has 34 heavy (non-hydrogen) atoms. The van der Waals surface area contributed by atoms with Gasteiger partial charge in [0.25, 0.3) is 0 Å². The predicted octanol–water partition coefficient (Wildman–Crippen LogP) is 5.03. The smallest absolute Gasteiger partial charge is 0.241 e. The van der Waals surface area contributed by atoms with Crippen LogP contribution in [0, 0.1) is 6.92 Å². The Labute approximate surface area is 201 Å². The summed E-state index contributed by atoms with van der Waals surface area (Å²) in [6.45, 7) is 4.71. The van der Waals surface area contributed by atoms with Crippen LogP contribution in [0.2, 0.25) is 0 Å². The van der Waals surface area contributed by atoms with Crippen LogP contribution in [0.3, 0.4) is 0 Å². The third-order valence-electron chi connectivity index (χ3n) is 7.18. The topological polar surface area (TPSA) is 64.6 Å². The molecule has 0 radical (unpaired) electrons. The average Bonchev–Trinajstić information content (AvgIpc) is 2.91. The molecule has 0 N–H and O–H groups in total. The molecule has 6 nitrogen and oxygen atoms in total. The Hall–Kier alpha value is -3.25. The van der Waals surface area contributed by atoms with E-state index in [0.717, 1.165) is 42.7 Å². The van der Waals surface area contributed by atoms with Crippen molar-refractivity contribution in [2.75, 3.05) is 26.3 Å². The van der Waals surface area contributed by atoms with E-state index >= 15 is 0 Å². The molecule has 0 saturated carbocycles. The molecular formula is C28H31N3O3. The fraction of sp³-hybridized carbons (Fsp3) is 0.393. The highest BCUT2D eigenvalue weighted by atomic mass is 16.5. The molecule has 2 fully saturated rings. The van der Waals surface area contributed by atoms with Gasteiger partial charge in [0, 0.05) is 44.6 Å². The highest BCUT2D eigenvalue weighted by Crippen LogP contribution is 2.39. The number of nitrogens with zero attached hydrogens (tertiary/aromatic N) is 3. The summed E-state index contributed by atoms with van der Waals surface area (Å²) in [7, 11) is 0. The maximum Gasteiger partial charge on any atom is 0.241 e. The Morgan fingerprint density at radius 1 is 0.971 bits per heavy atom. The molecule has 2 saturated heterocycles. The van der Waals surface area contributed by atoms with Crippen molar-refractivity contribution in [2.24, 2.45) is 0 Å². The Balaban J connectivity index is 1.30. The Bertz CT molecular complexity index is 1100. The van der Waals surface area contributed by atoms with Gasteiger partial charge < -0.3 is 14.4 Å². The number of carbonyl (C=O) groups is 1. The van der Waals surface area contributed by atoms with Gasteiger partial charge in [0.2, 0.25) is 11.8 Å². The van der Waals surface area contributed by atoms with E-state index in [-0.39, 0.29) is 11.8 Å². The van der Waals surface area contributed by atoms with Crippen LogP contribution in [-0.4, -0.2) is 47.1 Å². The SMILES string of the molecule is Cc1ccc(Oc2nccnc2C2CCN(C(=O)C3(c4ccccc4)CCOCC3)CC2)cc1. The lowest BCUT2D eigenvalue weighted by atomic mass is 9.72. The zero-order valence-corrected chi connectivity index (χ0v) is 19.7. The number of ether oxygens (including phenoxy) is 2. The third kappa shape index (κ3) is 4.55. The fourth-order valence-corrected chi connectivity index (χ4v) is 5.17. The molecule has 1 aromatic heterocycles. The summed E-state index contributed by atoms with van der Waals surface area (Å²) < 4.78 is 11.7. The van der Waals surface area contributed by atoms with E-state index < -0.39 is 5.41 Å². The van der Waals surface area contributed by atoms with E-state index in [1.54, 1.807) is 12.4 Å². The highest BCUT2D eigenvalue weighted by molar-refractivity contribution is 5.88. The fourth-order valence-electron chi connectivity index (χ4n) is 5.17. The number of aromatic nitrogens is 2. The van der Waals surface area contributed by atoms with E-state index in [9.17, 15) is 4.79 Å². The summed E-state index contributed by atoms with van der Waals surface area (Å²) in [6.07, 6.45) is 6.54. The molecule has 2 aromatic carbocycles. The molecule has 0 aliphatic carbocycles. The molecule has 3 aromatic rings. The molecule has 0 atom stereocenters. The van der Waals surface area contributed by atoms with Crippen LogP contribution in [0.4, 0.5) is 0 Å². The molecule has 0 unspecified atom stereocenters. The predicted molar refractivity (Wildman–Crippen MR) is 130 cm³/mol. The standard InChI is InChI=1S/C28H31N3O3/c1-21-7-9-24(10-8-21)34-26-25(29-15-16-30-26)22-11-17-31(18-12-22)27(32)28(13-19-33-20-14-28)23-5-3-2-4-6-23/h2-10,15-16,22H,11-14,17-20H2,1H3. The van der Waals surface area contributed by atoms with Crippen molar-refractivity contribution >= 4 is 5.91 Å². The van der Waals surface area contributed by atoms with Gasteiger partial charge in [-0.15, -0.1) is 0 Å². The summed E-state index contributed by atoms with van der Waals surface area (Å²) in [4.78, 5) is 25.0. The van der Waals surface area contributed by atoms with Crippen LogP contribution < -0.4 is 4.74 Å². The second kappa shape index (κ2) is 9.94. The molecule has 6 heteroatoms. The van der Waals surface area contributed by atoms with Crippen molar-refractivity contribution in [3.63, 3.8) is 0 Å². The second-order valence-electron chi connectivity index (χ2n) is 9.29. The first-order chi connectivity index (χ1) is 16.7. The minimum atomic E-state index is -0.487. The molecule has 5 rings (SSSR count). The minimum Gasteiger partial charge on any atom is -0.437 e. The van der Waals surface area contributed by atoms with Crippen molar-refractivity contribution in [2.45, 2.75) is 43.9 Å². The van der Waals surface area contributed by atoms with Gasteiger partial charge in [-0.2, -0.15) is 0 Å². The van der Waals surface area contributed by atoms with Crippen LogP contribution in [-0.2, 0) is 14.9 Å². The molecule has 0 spiro atoms. The van der Waals surface area contributed by atoms with E-state index in [0.29, 0.717) is 32.2 Å². The van der Waals surface area contributed by atoms with Crippen molar-refractivity contribution in [1.29, 1.82) is 0 Å². The van der Waals surface area contributed by atoms with E-state index in [1.807, 2.05) is 47.4 Å². The van der Waals surface area contributed by atoms with Gasteiger partial charge in [0.05, 0.1) is 5.41 Å². The lowest BCUT2D eigenvalue weighted by Crippen LogP contribution is -2.51. The van der Waals surface area contributed by atoms with E-state index in [2.05, 4.69) is 29.0 Å². The maximum atomic E-state index is 13.9. The molecule has 3 heterocycles. The van der Waals surface area contributed by atoms with Crippen molar-refractivity contribution in [3.05, 3.63) is 83.8 Å². The lowest BCUT2D eigenvalue weighted by Gasteiger charge is -2.42. The van der Waals surface area contributed by atoms with Gasteiger partial charge in [-0.25, -0.2) is 4.98 Å². The van der Waals surface area contributed by atoms with Gasteiger partial charge in [0.1, 0.15) is 11.4 Å². The number of likely N-dealkylation sites (tertiary alicyclic amines) is 1. The van der Waals surface area contributed by atoms with E-state index in [1.165, 1.54) is 5.56 Å². The van der Waals surface area contributed by atoms with Crippen LogP contribution in [0.1, 0.15) is 48.4 Å². The Morgan fingerprint density at radius 3 is 2.35 bits per heavy atom. The first-order valence-corrected chi connectivity index (χ1v) is 12.1. The molecule has 2 aliphatic rings. The zero-order chi connectivity index (χ0) is 23.4. The van der Waals surface area contributed by atoms with Crippen molar-refractivity contribution in [1.82, 2.24) is 14.9 Å². The van der Waals surface area contributed by atoms with E-state index in [4.69, 9.17) is 9.47 Å². The Kier molecular flexibility index (Phi) is 6.59. The second-order valence-corrected chi connectivity index (χ2v) is 9.29. The van der Waals surface area contributed by atoms with Gasteiger partial charge in [-0.1, -0.05) is 48.0 Å². The molecule has 2 aliphatic heterocycles. The molecule has 1 amide bonds. The summed E-state index contributed by atoms with van der Waals surface area (Å²) in [5.74, 6) is 1.75. The quantitative estimate of drug-likeness (QED) is 0.538. The number of hydrogen-bond acceptors (Lipinski definition) is 5. The van der Waals surface area contributed by atoms with Crippen LogP contribution in [0.5, 0.6) is 11.6 Å². The molecule has 176 valence electrons. The maximum absolute atomic E-state index is 13.9. The number of benzene rings is 2. The van der Waals surface area contributed by atoms with Gasteiger partial charge >= 0.3 is 0 Å². The van der Waals surface area contributed by atoms with Crippen LogP contribution >= 0.6 is 0 Å². The van der Waals surface area contributed by atoms with Crippen LogP contribution in [0.15, 0.2) is 67.0 Å². The number of rotatable bonds is 5. The van der Waals surface area contributed by atoms with Crippen LogP contribution in [0.25, 0.3) is 0 Å². The molecule has 0 bridgehead atoms.